The maximum atomic E-state index is 9.58. The Morgan fingerprint density at radius 3 is 2.80 bits per heavy atom. The molecule has 0 atom stereocenters. The van der Waals surface area contributed by atoms with Crippen LogP contribution in [0, 0.1) is 18.3 Å². The molecule has 2 heterocycles. The predicted octanol–water partition coefficient (Wildman–Crippen LogP) is 1.92. The highest BCUT2D eigenvalue weighted by atomic mass is 16.3. The second-order valence-electron chi connectivity index (χ2n) is 4.55. The van der Waals surface area contributed by atoms with Crippen molar-refractivity contribution >= 4 is 11.0 Å². The second kappa shape index (κ2) is 4.31. The molecular formula is C14H11N5O. The van der Waals surface area contributed by atoms with Crippen LogP contribution in [0.15, 0.2) is 24.3 Å². The number of aromatic hydroxyl groups is 1. The van der Waals surface area contributed by atoms with Gasteiger partial charge in [-0.25, -0.2) is 9.67 Å². The van der Waals surface area contributed by atoms with E-state index in [1.54, 1.807) is 23.9 Å². The molecule has 0 amide bonds. The molecule has 6 heteroatoms. The van der Waals surface area contributed by atoms with Crippen molar-refractivity contribution in [1.82, 2.24) is 20.0 Å². The van der Waals surface area contributed by atoms with Gasteiger partial charge in [0.2, 0.25) is 0 Å². The van der Waals surface area contributed by atoms with Crippen LogP contribution in [0.2, 0.25) is 0 Å². The fraction of sp³-hybridized carbons (Fsp3) is 0.143. The van der Waals surface area contributed by atoms with Gasteiger partial charge in [0, 0.05) is 12.6 Å². The first kappa shape index (κ1) is 12.1. The van der Waals surface area contributed by atoms with Gasteiger partial charge < -0.3 is 5.11 Å². The van der Waals surface area contributed by atoms with Crippen molar-refractivity contribution in [3.63, 3.8) is 0 Å². The van der Waals surface area contributed by atoms with Gasteiger partial charge in [-0.2, -0.15) is 5.26 Å². The van der Waals surface area contributed by atoms with E-state index < -0.39 is 0 Å². The lowest BCUT2D eigenvalue weighted by molar-refractivity contribution is 0.471. The van der Waals surface area contributed by atoms with E-state index in [1.165, 1.54) is 0 Å². The van der Waals surface area contributed by atoms with E-state index in [9.17, 15) is 10.4 Å². The third-order valence-corrected chi connectivity index (χ3v) is 3.20. The third-order valence-electron chi connectivity index (χ3n) is 3.20. The minimum absolute atomic E-state index is 0.234. The zero-order valence-electron chi connectivity index (χ0n) is 11.0. The molecule has 0 fully saturated rings. The van der Waals surface area contributed by atoms with Crippen LogP contribution in [0.3, 0.4) is 0 Å². The number of aryl methyl sites for hydroxylation is 2. The van der Waals surface area contributed by atoms with E-state index in [-0.39, 0.29) is 11.4 Å². The molecule has 98 valence electrons. The number of benzene rings is 1. The number of nitriles is 1. The van der Waals surface area contributed by atoms with E-state index in [0.717, 1.165) is 16.6 Å². The Kier molecular flexibility index (Phi) is 2.61. The average molecular weight is 265 g/mol. The fourth-order valence-electron chi connectivity index (χ4n) is 2.07. The molecule has 0 aliphatic heterocycles. The first-order valence-corrected chi connectivity index (χ1v) is 6.00. The highest BCUT2D eigenvalue weighted by Gasteiger charge is 2.12. The van der Waals surface area contributed by atoms with Gasteiger partial charge >= 0.3 is 0 Å². The summed E-state index contributed by atoms with van der Waals surface area (Å²) in [6.07, 6.45) is 0. The molecule has 0 saturated carbocycles. The van der Waals surface area contributed by atoms with Crippen LogP contribution in [0.25, 0.3) is 22.3 Å². The van der Waals surface area contributed by atoms with E-state index in [0.29, 0.717) is 11.2 Å². The van der Waals surface area contributed by atoms with E-state index in [4.69, 9.17) is 0 Å². The first-order valence-electron chi connectivity index (χ1n) is 6.00. The Morgan fingerprint density at radius 2 is 2.10 bits per heavy atom. The van der Waals surface area contributed by atoms with Crippen molar-refractivity contribution in [1.29, 1.82) is 5.26 Å². The van der Waals surface area contributed by atoms with Gasteiger partial charge in [0.25, 0.3) is 0 Å². The van der Waals surface area contributed by atoms with Gasteiger partial charge in [0.1, 0.15) is 17.3 Å². The van der Waals surface area contributed by atoms with E-state index in [1.807, 2.05) is 25.1 Å². The molecule has 2 aromatic heterocycles. The summed E-state index contributed by atoms with van der Waals surface area (Å²) in [5.41, 5.74) is 3.73. The number of phenols is 1. The lowest BCUT2D eigenvalue weighted by atomic mass is 10.1. The molecular weight excluding hydrogens is 254 g/mol. The summed E-state index contributed by atoms with van der Waals surface area (Å²) in [5.74, 6) is 0.234. The Labute approximate surface area is 114 Å². The quantitative estimate of drug-likeness (QED) is 0.726. The van der Waals surface area contributed by atoms with Crippen LogP contribution in [0.1, 0.15) is 11.3 Å². The second-order valence-corrected chi connectivity index (χ2v) is 4.55. The van der Waals surface area contributed by atoms with Crippen molar-refractivity contribution in [2.45, 2.75) is 6.92 Å². The molecule has 0 spiro atoms. The first-order chi connectivity index (χ1) is 9.60. The number of nitrogens with zero attached hydrogens (tertiary/aromatic N) is 5. The minimum atomic E-state index is 0.234. The number of fused-ring (bicyclic) bond motifs is 1. The number of hydrogen-bond acceptors (Lipinski definition) is 5. The Hall–Kier alpha value is -2.94. The molecule has 6 nitrogen and oxygen atoms in total. The molecule has 0 aliphatic rings. The van der Waals surface area contributed by atoms with Crippen LogP contribution in [-0.2, 0) is 7.05 Å². The zero-order valence-corrected chi connectivity index (χ0v) is 11.0. The number of rotatable bonds is 1. The highest BCUT2D eigenvalue weighted by Crippen LogP contribution is 2.26. The molecule has 1 N–H and O–H groups in total. The molecule has 0 bridgehead atoms. The lowest BCUT2D eigenvalue weighted by Gasteiger charge is -2.05. The van der Waals surface area contributed by atoms with Crippen molar-refractivity contribution in [2.75, 3.05) is 0 Å². The Morgan fingerprint density at radius 1 is 1.30 bits per heavy atom. The number of phenolic OH excluding ortho intramolecular Hbond substituents is 1. The molecule has 0 saturated heterocycles. The van der Waals surface area contributed by atoms with Crippen LogP contribution in [0.4, 0.5) is 0 Å². The number of aromatic nitrogens is 4. The summed E-state index contributed by atoms with van der Waals surface area (Å²) in [7, 11) is 1.77. The third kappa shape index (κ3) is 1.77. The van der Waals surface area contributed by atoms with Gasteiger partial charge in [-0.3, -0.25) is 0 Å². The van der Waals surface area contributed by atoms with Crippen molar-refractivity contribution < 1.29 is 5.11 Å². The van der Waals surface area contributed by atoms with Crippen LogP contribution in [-0.4, -0.2) is 25.1 Å². The predicted molar refractivity (Wildman–Crippen MR) is 72.9 cm³/mol. The summed E-state index contributed by atoms with van der Waals surface area (Å²) >= 11 is 0. The van der Waals surface area contributed by atoms with Crippen molar-refractivity contribution in [2.24, 2.45) is 7.05 Å². The zero-order chi connectivity index (χ0) is 14.3. The Bertz CT molecular complexity index is 860. The average Bonchev–Trinajstić information content (AvgIpc) is 2.83. The van der Waals surface area contributed by atoms with Crippen molar-refractivity contribution in [3.05, 3.63) is 35.5 Å². The normalized spacial score (nSPS) is 10.7. The minimum Gasteiger partial charge on any atom is -0.508 e. The van der Waals surface area contributed by atoms with Gasteiger partial charge in [-0.15, -0.1) is 5.10 Å². The molecule has 3 rings (SSSR count). The van der Waals surface area contributed by atoms with E-state index >= 15 is 0 Å². The van der Waals surface area contributed by atoms with E-state index in [2.05, 4.69) is 15.3 Å². The standard InChI is InChI=1S/C14H11N5O/c1-8-5-9(3-4-13(8)20)10-6-12-14(11(7-15)16-10)17-18-19(12)2/h3-6,20H,1-2H3. The summed E-state index contributed by atoms with van der Waals surface area (Å²) in [6, 6.07) is 9.09. The number of pyridine rings is 1. The fourth-order valence-corrected chi connectivity index (χ4v) is 2.07. The largest absolute Gasteiger partial charge is 0.508 e. The number of hydrogen-bond donors (Lipinski definition) is 1. The maximum Gasteiger partial charge on any atom is 0.170 e. The topological polar surface area (TPSA) is 87.6 Å². The summed E-state index contributed by atoms with van der Waals surface area (Å²) in [5, 5.41) is 26.6. The van der Waals surface area contributed by atoms with Crippen LogP contribution in [0.5, 0.6) is 5.75 Å². The lowest BCUT2D eigenvalue weighted by Crippen LogP contribution is -1.93. The smallest absolute Gasteiger partial charge is 0.170 e. The van der Waals surface area contributed by atoms with Gasteiger partial charge in [-0.1, -0.05) is 5.21 Å². The SMILES string of the molecule is Cc1cc(-c2cc3c(nnn3C)c(C#N)n2)ccc1O. The maximum absolute atomic E-state index is 9.58. The molecule has 0 unspecified atom stereocenters. The molecule has 0 radical (unpaired) electrons. The molecule has 0 aliphatic carbocycles. The summed E-state index contributed by atoms with van der Waals surface area (Å²) < 4.78 is 1.61. The van der Waals surface area contributed by atoms with Crippen LogP contribution >= 0.6 is 0 Å². The van der Waals surface area contributed by atoms with Gasteiger partial charge in [-0.05, 0) is 36.8 Å². The molecule has 1 aromatic carbocycles. The Balaban J connectivity index is 2.28. The molecule has 20 heavy (non-hydrogen) atoms. The van der Waals surface area contributed by atoms with Crippen LogP contribution < -0.4 is 0 Å². The summed E-state index contributed by atoms with van der Waals surface area (Å²) in [4.78, 5) is 4.32. The van der Waals surface area contributed by atoms with Gasteiger partial charge in [0.15, 0.2) is 5.69 Å². The van der Waals surface area contributed by atoms with Crippen molar-refractivity contribution in [3.8, 4) is 23.1 Å². The highest BCUT2D eigenvalue weighted by molar-refractivity contribution is 5.83. The monoisotopic (exact) mass is 265 g/mol. The summed E-state index contributed by atoms with van der Waals surface area (Å²) in [6.45, 7) is 1.81. The van der Waals surface area contributed by atoms with Gasteiger partial charge in [0.05, 0.1) is 11.2 Å². The molecule has 3 aromatic rings.